The summed E-state index contributed by atoms with van der Waals surface area (Å²) in [6, 6.07) is 18.4. The monoisotopic (exact) mass is 365 g/mol. The lowest BCUT2D eigenvalue weighted by Crippen LogP contribution is -2.38. The average Bonchev–Trinajstić information content (AvgIpc) is 3.22. The van der Waals surface area contributed by atoms with Crippen LogP contribution in [-0.4, -0.2) is 51.8 Å². The van der Waals surface area contributed by atoms with E-state index in [0.29, 0.717) is 19.1 Å². The molecule has 0 radical (unpaired) electrons. The van der Waals surface area contributed by atoms with E-state index >= 15 is 0 Å². The van der Waals surface area contributed by atoms with Crippen LogP contribution in [0.1, 0.15) is 16.8 Å². The third kappa shape index (κ3) is 4.25. The first-order chi connectivity index (χ1) is 13.3. The molecule has 2 aromatic rings. The van der Waals surface area contributed by atoms with Gasteiger partial charge in [0.25, 0.3) is 5.91 Å². The minimum absolute atomic E-state index is 0.0234. The molecule has 2 aliphatic heterocycles. The normalized spacial score (nSPS) is 19.9. The van der Waals surface area contributed by atoms with E-state index in [4.69, 9.17) is 4.74 Å². The molecule has 0 spiro atoms. The van der Waals surface area contributed by atoms with Gasteiger partial charge in [-0.15, -0.1) is 0 Å². The standard InChI is InChI=1S/C22H27N3O2/c26-22(20-8-4-5-9-21(20)24-12-14-27-15-13-24)23-16-18-10-11-25(17-18)19-6-2-1-3-7-19/h1-9,18H,10-17H2,(H,23,26). The van der Waals surface area contributed by atoms with Crippen molar-refractivity contribution in [2.75, 3.05) is 55.7 Å². The maximum absolute atomic E-state index is 12.8. The molecule has 1 atom stereocenters. The van der Waals surface area contributed by atoms with Crippen LogP contribution in [0.15, 0.2) is 54.6 Å². The largest absolute Gasteiger partial charge is 0.378 e. The molecule has 2 heterocycles. The first kappa shape index (κ1) is 17.9. The lowest BCUT2D eigenvalue weighted by Gasteiger charge is -2.30. The van der Waals surface area contributed by atoms with Gasteiger partial charge in [0.05, 0.1) is 18.8 Å². The van der Waals surface area contributed by atoms with E-state index in [0.717, 1.165) is 50.4 Å². The van der Waals surface area contributed by atoms with Crippen molar-refractivity contribution in [1.29, 1.82) is 0 Å². The number of hydrogen-bond acceptors (Lipinski definition) is 4. The quantitative estimate of drug-likeness (QED) is 0.885. The van der Waals surface area contributed by atoms with Crippen LogP contribution in [0.4, 0.5) is 11.4 Å². The molecule has 2 saturated heterocycles. The Kier molecular flexibility index (Phi) is 5.58. The van der Waals surface area contributed by atoms with E-state index in [9.17, 15) is 4.79 Å². The van der Waals surface area contributed by atoms with Gasteiger partial charge in [-0.25, -0.2) is 0 Å². The van der Waals surface area contributed by atoms with Gasteiger partial charge in [-0.1, -0.05) is 30.3 Å². The lowest BCUT2D eigenvalue weighted by molar-refractivity contribution is 0.0947. The van der Waals surface area contributed by atoms with E-state index in [1.807, 2.05) is 30.3 Å². The smallest absolute Gasteiger partial charge is 0.253 e. The minimum Gasteiger partial charge on any atom is -0.378 e. The summed E-state index contributed by atoms with van der Waals surface area (Å²) < 4.78 is 5.44. The number of ether oxygens (including phenoxy) is 1. The fourth-order valence-electron chi connectivity index (χ4n) is 3.95. The van der Waals surface area contributed by atoms with Crippen LogP contribution >= 0.6 is 0 Å². The summed E-state index contributed by atoms with van der Waals surface area (Å²) in [6.45, 7) is 5.86. The van der Waals surface area contributed by atoms with Gasteiger partial charge < -0.3 is 19.9 Å². The number of benzene rings is 2. The molecule has 27 heavy (non-hydrogen) atoms. The predicted molar refractivity (Wildman–Crippen MR) is 109 cm³/mol. The van der Waals surface area contributed by atoms with Crippen molar-refractivity contribution in [3.63, 3.8) is 0 Å². The first-order valence-electron chi connectivity index (χ1n) is 9.81. The number of rotatable bonds is 5. The molecule has 1 N–H and O–H groups in total. The van der Waals surface area contributed by atoms with Crippen molar-refractivity contribution in [3.8, 4) is 0 Å². The number of para-hydroxylation sites is 2. The molecule has 2 aromatic carbocycles. The van der Waals surface area contributed by atoms with Gasteiger partial charge in [0, 0.05) is 44.1 Å². The van der Waals surface area contributed by atoms with Crippen LogP contribution in [0, 0.1) is 5.92 Å². The fraction of sp³-hybridized carbons (Fsp3) is 0.409. The van der Waals surface area contributed by atoms with Crippen LogP contribution in [0.3, 0.4) is 0 Å². The maximum Gasteiger partial charge on any atom is 0.253 e. The molecule has 2 fully saturated rings. The van der Waals surface area contributed by atoms with Crippen molar-refractivity contribution in [2.45, 2.75) is 6.42 Å². The molecule has 5 heteroatoms. The highest BCUT2D eigenvalue weighted by Gasteiger charge is 2.24. The van der Waals surface area contributed by atoms with E-state index in [1.165, 1.54) is 5.69 Å². The van der Waals surface area contributed by atoms with E-state index in [2.05, 4.69) is 39.4 Å². The summed E-state index contributed by atoms with van der Waals surface area (Å²) >= 11 is 0. The van der Waals surface area contributed by atoms with Gasteiger partial charge in [0.2, 0.25) is 0 Å². The fourth-order valence-corrected chi connectivity index (χ4v) is 3.95. The zero-order valence-corrected chi connectivity index (χ0v) is 15.6. The Balaban J connectivity index is 1.35. The van der Waals surface area contributed by atoms with Gasteiger partial charge >= 0.3 is 0 Å². The Morgan fingerprint density at radius 2 is 1.70 bits per heavy atom. The number of nitrogens with zero attached hydrogens (tertiary/aromatic N) is 2. The van der Waals surface area contributed by atoms with Crippen molar-refractivity contribution in [3.05, 3.63) is 60.2 Å². The van der Waals surface area contributed by atoms with Crippen molar-refractivity contribution < 1.29 is 9.53 Å². The highest BCUT2D eigenvalue weighted by atomic mass is 16.5. The zero-order chi connectivity index (χ0) is 18.5. The molecule has 0 bridgehead atoms. The van der Waals surface area contributed by atoms with Crippen LogP contribution < -0.4 is 15.1 Å². The molecular formula is C22H27N3O2. The topological polar surface area (TPSA) is 44.8 Å². The third-order valence-corrected chi connectivity index (χ3v) is 5.46. The van der Waals surface area contributed by atoms with Gasteiger partial charge in [-0.3, -0.25) is 4.79 Å². The number of morpholine rings is 1. The molecule has 0 aromatic heterocycles. The third-order valence-electron chi connectivity index (χ3n) is 5.46. The second-order valence-corrected chi connectivity index (χ2v) is 7.26. The molecule has 142 valence electrons. The van der Waals surface area contributed by atoms with Gasteiger partial charge in [0.15, 0.2) is 0 Å². The second-order valence-electron chi connectivity index (χ2n) is 7.26. The summed E-state index contributed by atoms with van der Waals surface area (Å²) in [4.78, 5) is 17.5. The van der Waals surface area contributed by atoms with E-state index in [-0.39, 0.29) is 5.91 Å². The van der Waals surface area contributed by atoms with Crippen molar-refractivity contribution >= 4 is 17.3 Å². The Morgan fingerprint density at radius 1 is 0.963 bits per heavy atom. The molecule has 1 amide bonds. The molecule has 0 saturated carbocycles. The van der Waals surface area contributed by atoms with Crippen molar-refractivity contribution in [1.82, 2.24) is 5.32 Å². The summed E-state index contributed by atoms with van der Waals surface area (Å²) in [5.74, 6) is 0.514. The molecule has 5 nitrogen and oxygen atoms in total. The van der Waals surface area contributed by atoms with Crippen LogP contribution in [0.2, 0.25) is 0 Å². The Labute approximate surface area is 160 Å². The molecule has 0 aliphatic carbocycles. The summed E-state index contributed by atoms with van der Waals surface area (Å²) in [5, 5.41) is 3.17. The molecule has 2 aliphatic rings. The summed E-state index contributed by atoms with van der Waals surface area (Å²) in [6.07, 6.45) is 1.11. The highest BCUT2D eigenvalue weighted by molar-refractivity contribution is 5.99. The van der Waals surface area contributed by atoms with Crippen LogP contribution in [-0.2, 0) is 4.74 Å². The zero-order valence-electron chi connectivity index (χ0n) is 15.6. The Morgan fingerprint density at radius 3 is 2.52 bits per heavy atom. The molecular weight excluding hydrogens is 338 g/mol. The lowest BCUT2D eigenvalue weighted by atomic mass is 10.1. The molecule has 1 unspecified atom stereocenters. The second kappa shape index (κ2) is 8.44. The SMILES string of the molecule is O=C(NCC1CCN(c2ccccc2)C1)c1ccccc1N1CCOCC1. The predicted octanol–water partition coefficient (Wildman–Crippen LogP) is 2.78. The minimum atomic E-state index is 0.0234. The van der Waals surface area contributed by atoms with E-state index in [1.54, 1.807) is 0 Å². The van der Waals surface area contributed by atoms with Crippen LogP contribution in [0.25, 0.3) is 0 Å². The van der Waals surface area contributed by atoms with Gasteiger partial charge in [0.1, 0.15) is 0 Å². The van der Waals surface area contributed by atoms with Crippen molar-refractivity contribution in [2.24, 2.45) is 5.92 Å². The van der Waals surface area contributed by atoms with Gasteiger partial charge in [-0.05, 0) is 36.6 Å². The van der Waals surface area contributed by atoms with Gasteiger partial charge in [-0.2, -0.15) is 0 Å². The summed E-state index contributed by atoms with van der Waals surface area (Å²) in [5.41, 5.74) is 3.04. The molecule has 4 rings (SSSR count). The number of amides is 1. The van der Waals surface area contributed by atoms with E-state index < -0.39 is 0 Å². The Bertz CT molecular complexity index is 759. The summed E-state index contributed by atoms with van der Waals surface area (Å²) in [7, 11) is 0. The number of carbonyl (C=O) groups is 1. The maximum atomic E-state index is 12.8. The number of carbonyl (C=O) groups excluding carboxylic acids is 1. The average molecular weight is 365 g/mol. The highest BCUT2D eigenvalue weighted by Crippen LogP contribution is 2.24. The number of anilines is 2. The Hall–Kier alpha value is -2.53. The number of hydrogen-bond donors (Lipinski definition) is 1. The first-order valence-corrected chi connectivity index (χ1v) is 9.81. The number of nitrogens with one attached hydrogen (secondary N) is 1. The van der Waals surface area contributed by atoms with Crippen LogP contribution in [0.5, 0.6) is 0 Å².